The average molecular weight is 194 g/mol. The first-order chi connectivity index (χ1) is 6.61. The molecule has 4 heteroatoms. The molecular formula is C10H10O4. The molecular weight excluding hydrogens is 184 g/mol. The summed E-state index contributed by atoms with van der Waals surface area (Å²) < 4.78 is 0. The van der Waals surface area contributed by atoms with Gasteiger partial charge in [0.1, 0.15) is 0 Å². The van der Waals surface area contributed by atoms with Gasteiger partial charge in [0.25, 0.3) is 0 Å². The number of benzene rings is 1. The van der Waals surface area contributed by atoms with Crippen LogP contribution in [0, 0.1) is 5.92 Å². The maximum atomic E-state index is 10.6. The van der Waals surface area contributed by atoms with E-state index in [-0.39, 0.29) is 17.4 Å². The molecule has 1 aromatic carbocycles. The van der Waals surface area contributed by atoms with Gasteiger partial charge in [-0.05, 0) is 12.5 Å². The molecule has 14 heavy (non-hydrogen) atoms. The smallest absolute Gasteiger partial charge is 0.307 e. The van der Waals surface area contributed by atoms with Gasteiger partial charge in [0, 0.05) is 11.5 Å². The molecule has 1 aromatic rings. The van der Waals surface area contributed by atoms with Crippen molar-refractivity contribution in [3.8, 4) is 11.5 Å². The number of carboxylic acids is 1. The van der Waals surface area contributed by atoms with Crippen molar-refractivity contribution in [2.45, 2.75) is 12.3 Å². The third-order valence-corrected chi connectivity index (χ3v) is 2.55. The molecule has 0 heterocycles. The summed E-state index contributed by atoms with van der Waals surface area (Å²) >= 11 is 0. The maximum absolute atomic E-state index is 10.6. The number of carboxylic acid groups (broad SMARTS) is 1. The van der Waals surface area contributed by atoms with Crippen molar-refractivity contribution < 1.29 is 20.1 Å². The van der Waals surface area contributed by atoms with Crippen molar-refractivity contribution >= 4 is 5.97 Å². The van der Waals surface area contributed by atoms with Crippen molar-refractivity contribution in [2.75, 3.05) is 0 Å². The predicted molar refractivity (Wildman–Crippen MR) is 48.3 cm³/mol. The van der Waals surface area contributed by atoms with Gasteiger partial charge in [-0.15, -0.1) is 0 Å². The van der Waals surface area contributed by atoms with Gasteiger partial charge >= 0.3 is 5.97 Å². The van der Waals surface area contributed by atoms with E-state index in [1.165, 1.54) is 6.07 Å². The summed E-state index contributed by atoms with van der Waals surface area (Å²) in [5, 5.41) is 27.4. The Kier molecular flexibility index (Phi) is 1.84. The number of rotatable bonds is 2. The standard InChI is InChI=1S/C10H10O4/c11-8-3-1-2-5(9(8)12)6-4-7(6)10(13)14/h1-3,6-7,11-12H,4H2,(H,13,14)/t6-,7-/m1/s1. The Morgan fingerprint density at radius 1 is 1.36 bits per heavy atom. The predicted octanol–water partition coefficient (Wildman–Crippen LogP) is 1.29. The molecule has 1 aliphatic carbocycles. The van der Waals surface area contributed by atoms with Gasteiger partial charge in [0.2, 0.25) is 0 Å². The van der Waals surface area contributed by atoms with E-state index in [9.17, 15) is 15.0 Å². The minimum absolute atomic E-state index is 0.153. The molecule has 1 saturated carbocycles. The molecule has 0 bridgehead atoms. The van der Waals surface area contributed by atoms with Crippen LogP contribution in [0.5, 0.6) is 11.5 Å². The van der Waals surface area contributed by atoms with Crippen molar-refractivity contribution in [1.82, 2.24) is 0 Å². The summed E-state index contributed by atoms with van der Waals surface area (Å²) in [5.74, 6) is -1.81. The normalized spacial score (nSPS) is 24.6. The number of phenolic OH excluding ortho intramolecular Hbond substituents is 2. The number of aromatic hydroxyl groups is 2. The summed E-state index contributed by atoms with van der Waals surface area (Å²) in [4.78, 5) is 10.6. The molecule has 74 valence electrons. The van der Waals surface area contributed by atoms with E-state index in [2.05, 4.69) is 0 Å². The van der Waals surface area contributed by atoms with Crippen molar-refractivity contribution in [3.05, 3.63) is 23.8 Å². The van der Waals surface area contributed by atoms with Crippen LogP contribution < -0.4 is 0 Å². The third-order valence-electron chi connectivity index (χ3n) is 2.55. The molecule has 2 atom stereocenters. The van der Waals surface area contributed by atoms with Crippen LogP contribution >= 0.6 is 0 Å². The molecule has 0 unspecified atom stereocenters. The SMILES string of the molecule is O=C(O)[C@@H]1C[C@@H]1c1cccc(O)c1O. The van der Waals surface area contributed by atoms with E-state index in [1.807, 2.05) is 0 Å². The second-order valence-electron chi connectivity index (χ2n) is 3.50. The highest BCUT2D eigenvalue weighted by Gasteiger charge is 2.45. The molecule has 0 radical (unpaired) electrons. The largest absolute Gasteiger partial charge is 0.504 e. The Hall–Kier alpha value is -1.71. The minimum Gasteiger partial charge on any atom is -0.504 e. The van der Waals surface area contributed by atoms with Gasteiger partial charge in [-0.1, -0.05) is 12.1 Å². The second-order valence-corrected chi connectivity index (χ2v) is 3.50. The average Bonchev–Trinajstić information content (AvgIpc) is 2.89. The molecule has 0 spiro atoms. The summed E-state index contributed by atoms with van der Waals surface area (Å²) in [6.07, 6.45) is 0.534. The number of carbonyl (C=O) groups is 1. The fourth-order valence-electron chi connectivity index (χ4n) is 1.66. The molecule has 0 aromatic heterocycles. The summed E-state index contributed by atoms with van der Waals surface area (Å²) in [6.45, 7) is 0. The fraction of sp³-hybridized carbons (Fsp3) is 0.300. The van der Waals surface area contributed by atoms with Gasteiger partial charge < -0.3 is 15.3 Å². The molecule has 4 nitrogen and oxygen atoms in total. The molecule has 0 aliphatic heterocycles. The quantitative estimate of drug-likeness (QED) is 0.620. The van der Waals surface area contributed by atoms with Crippen LogP contribution in [0.1, 0.15) is 17.9 Å². The number of hydrogen-bond acceptors (Lipinski definition) is 3. The topological polar surface area (TPSA) is 77.8 Å². The third kappa shape index (κ3) is 1.28. The van der Waals surface area contributed by atoms with Crippen LogP contribution in [0.25, 0.3) is 0 Å². The number of phenols is 2. The fourth-order valence-corrected chi connectivity index (χ4v) is 1.66. The van der Waals surface area contributed by atoms with E-state index in [1.54, 1.807) is 12.1 Å². The lowest BCUT2D eigenvalue weighted by Crippen LogP contribution is -1.98. The van der Waals surface area contributed by atoms with Crippen LogP contribution in [0.2, 0.25) is 0 Å². The lowest BCUT2D eigenvalue weighted by atomic mass is 10.1. The van der Waals surface area contributed by atoms with E-state index in [0.717, 1.165) is 0 Å². The molecule has 3 N–H and O–H groups in total. The Morgan fingerprint density at radius 2 is 2.07 bits per heavy atom. The van der Waals surface area contributed by atoms with Gasteiger partial charge in [0.05, 0.1) is 5.92 Å². The number of para-hydroxylation sites is 1. The first-order valence-corrected chi connectivity index (χ1v) is 4.35. The van der Waals surface area contributed by atoms with E-state index in [0.29, 0.717) is 12.0 Å². The van der Waals surface area contributed by atoms with Crippen molar-refractivity contribution in [3.63, 3.8) is 0 Å². The van der Waals surface area contributed by atoms with Gasteiger partial charge in [-0.2, -0.15) is 0 Å². The van der Waals surface area contributed by atoms with Crippen LogP contribution in [0.15, 0.2) is 18.2 Å². The Balaban J connectivity index is 2.27. The molecule has 1 fully saturated rings. The molecule has 1 aliphatic rings. The first kappa shape index (κ1) is 8.87. The Morgan fingerprint density at radius 3 is 2.64 bits per heavy atom. The highest BCUT2D eigenvalue weighted by molar-refractivity contribution is 5.75. The number of aliphatic carboxylic acids is 1. The second kappa shape index (κ2) is 2.90. The highest BCUT2D eigenvalue weighted by atomic mass is 16.4. The first-order valence-electron chi connectivity index (χ1n) is 4.35. The summed E-state index contributed by atoms with van der Waals surface area (Å²) in [6, 6.07) is 4.61. The lowest BCUT2D eigenvalue weighted by Gasteiger charge is -2.03. The summed E-state index contributed by atoms with van der Waals surface area (Å²) in [7, 11) is 0. The van der Waals surface area contributed by atoms with Gasteiger partial charge in [-0.25, -0.2) is 0 Å². The Bertz CT molecular complexity index is 386. The van der Waals surface area contributed by atoms with Crippen LogP contribution in [0.4, 0.5) is 0 Å². The zero-order valence-corrected chi connectivity index (χ0v) is 7.34. The molecule has 0 saturated heterocycles. The summed E-state index contributed by atoms with van der Waals surface area (Å²) in [5.41, 5.74) is 0.525. The van der Waals surface area contributed by atoms with Crippen molar-refractivity contribution in [1.29, 1.82) is 0 Å². The van der Waals surface area contributed by atoms with Crippen molar-refractivity contribution in [2.24, 2.45) is 5.92 Å². The zero-order chi connectivity index (χ0) is 10.3. The van der Waals surface area contributed by atoms with Gasteiger partial charge in [0.15, 0.2) is 11.5 Å². The minimum atomic E-state index is -0.849. The molecule has 2 rings (SSSR count). The Labute approximate surface area is 80.4 Å². The maximum Gasteiger partial charge on any atom is 0.307 e. The van der Waals surface area contributed by atoms with E-state index >= 15 is 0 Å². The van der Waals surface area contributed by atoms with Crippen LogP contribution in [0.3, 0.4) is 0 Å². The van der Waals surface area contributed by atoms with Crippen LogP contribution in [-0.4, -0.2) is 21.3 Å². The highest BCUT2D eigenvalue weighted by Crippen LogP contribution is 2.51. The monoisotopic (exact) mass is 194 g/mol. The van der Waals surface area contributed by atoms with Gasteiger partial charge in [-0.3, -0.25) is 4.79 Å². The lowest BCUT2D eigenvalue weighted by molar-refractivity contribution is -0.138. The molecule has 0 amide bonds. The number of hydrogen-bond donors (Lipinski definition) is 3. The van der Waals surface area contributed by atoms with E-state index < -0.39 is 11.9 Å². The van der Waals surface area contributed by atoms with E-state index in [4.69, 9.17) is 5.11 Å². The van der Waals surface area contributed by atoms with Crippen LogP contribution in [-0.2, 0) is 4.79 Å². The zero-order valence-electron chi connectivity index (χ0n) is 7.34.